The number of para-hydroxylation sites is 1. The minimum absolute atomic E-state index is 0.112. The minimum Gasteiger partial charge on any atom is -0.483 e. The SMILES string of the molecule is Cc1ccc(OCC(=O)Nc2cccc(S(=O)(=O)Nc3ccccc3F)c2)c(C)c1. The first-order chi connectivity index (χ1) is 14.2. The lowest BCUT2D eigenvalue weighted by Gasteiger charge is -2.12. The normalized spacial score (nSPS) is 11.0. The van der Waals surface area contributed by atoms with Crippen LogP contribution >= 0.6 is 0 Å². The Morgan fingerprint density at radius 2 is 1.77 bits per heavy atom. The minimum atomic E-state index is -4.03. The van der Waals surface area contributed by atoms with Crippen molar-refractivity contribution in [1.29, 1.82) is 0 Å². The van der Waals surface area contributed by atoms with Crippen LogP contribution in [-0.2, 0) is 14.8 Å². The van der Waals surface area contributed by atoms with Gasteiger partial charge in [0.2, 0.25) is 0 Å². The first-order valence-electron chi connectivity index (χ1n) is 9.12. The Morgan fingerprint density at radius 1 is 1.00 bits per heavy atom. The van der Waals surface area contributed by atoms with Crippen LogP contribution in [0.15, 0.2) is 71.6 Å². The molecule has 3 aromatic carbocycles. The van der Waals surface area contributed by atoms with Crippen LogP contribution in [0.2, 0.25) is 0 Å². The van der Waals surface area contributed by atoms with E-state index >= 15 is 0 Å². The average molecular weight is 428 g/mol. The maximum atomic E-state index is 13.8. The first kappa shape index (κ1) is 21.3. The number of rotatable bonds is 7. The predicted molar refractivity (Wildman–Crippen MR) is 114 cm³/mol. The molecule has 0 atom stereocenters. The van der Waals surface area contributed by atoms with Gasteiger partial charge in [0.1, 0.15) is 11.6 Å². The van der Waals surface area contributed by atoms with E-state index in [-0.39, 0.29) is 22.9 Å². The average Bonchev–Trinajstić information content (AvgIpc) is 2.69. The second-order valence-electron chi connectivity index (χ2n) is 6.72. The monoisotopic (exact) mass is 428 g/mol. The molecule has 0 aliphatic carbocycles. The molecule has 2 N–H and O–H groups in total. The van der Waals surface area contributed by atoms with Gasteiger partial charge in [-0.05, 0) is 55.8 Å². The lowest BCUT2D eigenvalue weighted by molar-refractivity contribution is -0.118. The highest BCUT2D eigenvalue weighted by atomic mass is 32.2. The second kappa shape index (κ2) is 8.96. The topological polar surface area (TPSA) is 84.5 Å². The Kier molecular flexibility index (Phi) is 6.37. The molecule has 0 radical (unpaired) electrons. The number of halogens is 1. The van der Waals surface area contributed by atoms with Crippen molar-refractivity contribution in [3.63, 3.8) is 0 Å². The largest absolute Gasteiger partial charge is 0.483 e. The van der Waals surface area contributed by atoms with E-state index in [4.69, 9.17) is 4.74 Å². The van der Waals surface area contributed by atoms with Gasteiger partial charge in [0.05, 0.1) is 10.6 Å². The number of ether oxygens (including phenoxy) is 1. The molecule has 0 aliphatic heterocycles. The van der Waals surface area contributed by atoms with Crippen molar-refractivity contribution >= 4 is 27.3 Å². The van der Waals surface area contributed by atoms with E-state index in [0.29, 0.717) is 5.75 Å². The van der Waals surface area contributed by atoms with Crippen LogP contribution in [0.3, 0.4) is 0 Å². The zero-order valence-corrected chi connectivity index (χ0v) is 17.3. The van der Waals surface area contributed by atoms with Crippen molar-refractivity contribution in [3.05, 3.63) is 83.7 Å². The standard InChI is InChI=1S/C22H21FN2O4S/c1-15-10-11-21(16(2)12-15)29-14-22(26)24-17-6-5-7-18(13-17)30(27,28)25-20-9-4-3-8-19(20)23/h3-13,25H,14H2,1-2H3,(H,24,26). The Balaban J connectivity index is 1.67. The molecular weight excluding hydrogens is 407 g/mol. The highest BCUT2D eigenvalue weighted by Gasteiger charge is 2.17. The molecule has 156 valence electrons. The maximum absolute atomic E-state index is 13.8. The number of anilines is 2. The van der Waals surface area contributed by atoms with E-state index in [1.54, 1.807) is 12.1 Å². The van der Waals surface area contributed by atoms with Crippen molar-refractivity contribution in [2.45, 2.75) is 18.7 Å². The molecule has 0 fully saturated rings. The van der Waals surface area contributed by atoms with Crippen LogP contribution < -0.4 is 14.8 Å². The van der Waals surface area contributed by atoms with Crippen LogP contribution in [-0.4, -0.2) is 20.9 Å². The number of hydrogen-bond acceptors (Lipinski definition) is 4. The fourth-order valence-corrected chi connectivity index (χ4v) is 3.90. The van der Waals surface area contributed by atoms with Gasteiger partial charge in [-0.25, -0.2) is 12.8 Å². The Morgan fingerprint density at radius 3 is 2.50 bits per heavy atom. The summed E-state index contributed by atoms with van der Waals surface area (Å²) in [6, 6.07) is 16.8. The fourth-order valence-electron chi connectivity index (χ4n) is 2.79. The molecular formula is C22H21FN2O4S. The molecule has 3 rings (SSSR count). The van der Waals surface area contributed by atoms with Crippen molar-refractivity contribution in [2.24, 2.45) is 0 Å². The number of hydrogen-bond donors (Lipinski definition) is 2. The van der Waals surface area contributed by atoms with Crippen LogP contribution in [0, 0.1) is 19.7 Å². The number of aryl methyl sites for hydroxylation is 2. The third kappa shape index (κ3) is 5.36. The number of sulfonamides is 1. The summed E-state index contributed by atoms with van der Waals surface area (Å²) in [5.74, 6) is -0.526. The van der Waals surface area contributed by atoms with Gasteiger partial charge in [0.15, 0.2) is 6.61 Å². The molecule has 0 unspecified atom stereocenters. The third-order valence-electron chi connectivity index (χ3n) is 4.24. The van der Waals surface area contributed by atoms with E-state index in [2.05, 4.69) is 10.0 Å². The van der Waals surface area contributed by atoms with Gasteiger partial charge in [-0.2, -0.15) is 0 Å². The molecule has 8 heteroatoms. The highest BCUT2D eigenvalue weighted by molar-refractivity contribution is 7.92. The van der Waals surface area contributed by atoms with E-state index in [1.165, 1.54) is 36.4 Å². The molecule has 0 heterocycles. The molecule has 30 heavy (non-hydrogen) atoms. The van der Waals surface area contributed by atoms with Crippen molar-refractivity contribution < 1.29 is 22.3 Å². The van der Waals surface area contributed by atoms with E-state index < -0.39 is 21.7 Å². The molecule has 0 aliphatic rings. The predicted octanol–water partition coefficient (Wildman–Crippen LogP) is 4.26. The van der Waals surface area contributed by atoms with E-state index in [9.17, 15) is 17.6 Å². The van der Waals surface area contributed by atoms with Crippen molar-refractivity contribution in [2.75, 3.05) is 16.6 Å². The van der Waals surface area contributed by atoms with Crippen LogP contribution in [0.25, 0.3) is 0 Å². The lowest BCUT2D eigenvalue weighted by Crippen LogP contribution is -2.21. The summed E-state index contributed by atoms with van der Waals surface area (Å²) in [5, 5.41) is 2.60. The first-order valence-corrected chi connectivity index (χ1v) is 10.6. The third-order valence-corrected chi connectivity index (χ3v) is 5.60. The number of carbonyl (C=O) groups is 1. The van der Waals surface area contributed by atoms with E-state index in [1.807, 2.05) is 26.0 Å². The number of nitrogens with one attached hydrogen (secondary N) is 2. The molecule has 0 aromatic heterocycles. The summed E-state index contributed by atoms with van der Waals surface area (Å²) in [5.41, 5.74) is 2.12. The van der Waals surface area contributed by atoms with Gasteiger partial charge < -0.3 is 10.1 Å². The quantitative estimate of drug-likeness (QED) is 0.589. The van der Waals surface area contributed by atoms with Gasteiger partial charge >= 0.3 is 0 Å². The van der Waals surface area contributed by atoms with Crippen LogP contribution in [0.4, 0.5) is 15.8 Å². The smallest absolute Gasteiger partial charge is 0.262 e. The van der Waals surface area contributed by atoms with Crippen LogP contribution in [0.5, 0.6) is 5.75 Å². The van der Waals surface area contributed by atoms with Gasteiger partial charge in [0, 0.05) is 5.69 Å². The number of benzene rings is 3. The number of amides is 1. The zero-order valence-electron chi connectivity index (χ0n) is 16.5. The highest BCUT2D eigenvalue weighted by Crippen LogP contribution is 2.22. The summed E-state index contributed by atoms with van der Waals surface area (Å²) in [7, 11) is -4.03. The van der Waals surface area contributed by atoms with Gasteiger partial charge in [-0.1, -0.05) is 35.9 Å². The summed E-state index contributed by atoms with van der Waals surface area (Å²) < 4.78 is 46.6. The Bertz CT molecular complexity index is 1180. The Hall–Kier alpha value is -3.39. The summed E-state index contributed by atoms with van der Waals surface area (Å²) >= 11 is 0. The number of carbonyl (C=O) groups excluding carboxylic acids is 1. The summed E-state index contributed by atoms with van der Waals surface area (Å²) in [6.45, 7) is 3.62. The summed E-state index contributed by atoms with van der Waals surface area (Å²) in [6.07, 6.45) is 0. The molecule has 0 spiro atoms. The van der Waals surface area contributed by atoms with Crippen molar-refractivity contribution in [1.82, 2.24) is 0 Å². The van der Waals surface area contributed by atoms with Crippen LogP contribution in [0.1, 0.15) is 11.1 Å². The zero-order chi connectivity index (χ0) is 21.7. The van der Waals surface area contributed by atoms with Gasteiger partial charge in [-0.15, -0.1) is 0 Å². The molecule has 6 nitrogen and oxygen atoms in total. The van der Waals surface area contributed by atoms with E-state index in [0.717, 1.165) is 17.2 Å². The molecule has 1 amide bonds. The Labute approximate surface area is 174 Å². The second-order valence-corrected chi connectivity index (χ2v) is 8.40. The molecule has 0 saturated carbocycles. The maximum Gasteiger partial charge on any atom is 0.262 e. The molecule has 3 aromatic rings. The molecule has 0 bridgehead atoms. The van der Waals surface area contributed by atoms with Crippen molar-refractivity contribution in [3.8, 4) is 5.75 Å². The van der Waals surface area contributed by atoms with Gasteiger partial charge in [-0.3, -0.25) is 9.52 Å². The summed E-state index contributed by atoms with van der Waals surface area (Å²) in [4.78, 5) is 12.1. The lowest BCUT2D eigenvalue weighted by atomic mass is 10.1. The van der Waals surface area contributed by atoms with Gasteiger partial charge in [0.25, 0.3) is 15.9 Å². The molecule has 0 saturated heterocycles. The fraction of sp³-hybridized carbons (Fsp3) is 0.136.